The molecule has 1 atom stereocenters. The van der Waals surface area contributed by atoms with Crippen molar-refractivity contribution in [3.8, 4) is 5.75 Å². The minimum absolute atomic E-state index is 0.510. The molecule has 3 nitrogen and oxygen atoms in total. The fraction of sp³-hybridized carbons (Fsp3) is 0.0714. The standard InChI is InChI=1S/C14H12BrNO2/c15-11-6-8-12(9-7-11)18-13(14(16)17)10-4-2-1-3-5-10/h1-9,13H,(H2,16,17). The van der Waals surface area contributed by atoms with Gasteiger partial charge < -0.3 is 10.5 Å². The van der Waals surface area contributed by atoms with Gasteiger partial charge in [0.15, 0.2) is 0 Å². The molecule has 2 N–H and O–H groups in total. The summed E-state index contributed by atoms with van der Waals surface area (Å²) in [4.78, 5) is 11.5. The monoisotopic (exact) mass is 305 g/mol. The summed E-state index contributed by atoms with van der Waals surface area (Å²) in [6.45, 7) is 0. The lowest BCUT2D eigenvalue weighted by Gasteiger charge is -2.16. The van der Waals surface area contributed by atoms with Crippen molar-refractivity contribution in [3.05, 3.63) is 64.6 Å². The Hall–Kier alpha value is -1.81. The van der Waals surface area contributed by atoms with Crippen molar-refractivity contribution in [2.45, 2.75) is 6.10 Å². The maximum atomic E-state index is 11.5. The molecule has 2 rings (SSSR count). The third kappa shape index (κ3) is 3.11. The van der Waals surface area contributed by atoms with Crippen LogP contribution in [0.4, 0.5) is 0 Å². The quantitative estimate of drug-likeness (QED) is 0.944. The highest BCUT2D eigenvalue weighted by molar-refractivity contribution is 9.10. The molecule has 18 heavy (non-hydrogen) atoms. The van der Waals surface area contributed by atoms with Gasteiger partial charge in [0.1, 0.15) is 5.75 Å². The minimum atomic E-state index is -0.771. The molecule has 0 aliphatic rings. The van der Waals surface area contributed by atoms with Gasteiger partial charge in [-0.05, 0) is 24.3 Å². The summed E-state index contributed by atoms with van der Waals surface area (Å²) < 4.78 is 6.57. The van der Waals surface area contributed by atoms with E-state index in [0.717, 1.165) is 10.0 Å². The Bertz CT molecular complexity index is 525. The zero-order valence-electron chi connectivity index (χ0n) is 9.55. The Kier molecular flexibility index (Phi) is 3.99. The number of nitrogens with two attached hydrogens (primary N) is 1. The first-order valence-electron chi connectivity index (χ1n) is 5.43. The van der Waals surface area contributed by atoms with E-state index in [1.54, 1.807) is 12.1 Å². The Morgan fingerprint density at radius 1 is 1.06 bits per heavy atom. The first-order valence-corrected chi connectivity index (χ1v) is 6.22. The summed E-state index contributed by atoms with van der Waals surface area (Å²) in [5.74, 6) is 0.0926. The second-order valence-electron chi connectivity index (χ2n) is 3.76. The molecule has 0 radical (unpaired) electrons. The van der Waals surface area contributed by atoms with Crippen LogP contribution in [0, 0.1) is 0 Å². The number of primary amides is 1. The first kappa shape index (κ1) is 12.6. The average molecular weight is 306 g/mol. The summed E-state index contributed by atoms with van der Waals surface area (Å²) in [6.07, 6.45) is -0.771. The highest BCUT2D eigenvalue weighted by Gasteiger charge is 2.19. The van der Waals surface area contributed by atoms with Crippen molar-refractivity contribution >= 4 is 21.8 Å². The Balaban J connectivity index is 2.22. The lowest BCUT2D eigenvalue weighted by molar-refractivity contribution is -0.125. The van der Waals surface area contributed by atoms with Gasteiger partial charge >= 0.3 is 0 Å². The Morgan fingerprint density at radius 2 is 1.67 bits per heavy atom. The zero-order valence-corrected chi connectivity index (χ0v) is 11.1. The van der Waals surface area contributed by atoms with Crippen molar-refractivity contribution in [1.29, 1.82) is 0 Å². The molecule has 0 spiro atoms. The molecule has 0 fully saturated rings. The molecule has 92 valence electrons. The van der Waals surface area contributed by atoms with Crippen LogP contribution in [-0.4, -0.2) is 5.91 Å². The van der Waals surface area contributed by atoms with Gasteiger partial charge in [-0.3, -0.25) is 4.79 Å². The SMILES string of the molecule is NC(=O)C(Oc1ccc(Br)cc1)c1ccccc1. The number of hydrogen-bond acceptors (Lipinski definition) is 2. The van der Waals surface area contributed by atoms with E-state index < -0.39 is 12.0 Å². The van der Waals surface area contributed by atoms with Gasteiger partial charge in [-0.1, -0.05) is 46.3 Å². The van der Waals surface area contributed by atoms with Crippen LogP contribution >= 0.6 is 15.9 Å². The molecular weight excluding hydrogens is 294 g/mol. The number of halogens is 1. The number of benzene rings is 2. The number of carbonyl (C=O) groups excluding carboxylic acids is 1. The van der Waals surface area contributed by atoms with Crippen LogP contribution in [0.5, 0.6) is 5.75 Å². The first-order chi connectivity index (χ1) is 8.66. The van der Waals surface area contributed by atoms with Crippen LogP contribution in [0.25, 0.3) is 0 Å². The smallest absolute Gasteiger partial charge is 0.263 e. The van der Waals surface area contributed by atoms with Crippen LogP contribution < -0.4 is 10.5 Å². The maximum absolute atomic E-state index is 11.5. The van der Waals surface area contributed by atoms with Gasteiger partial charge in [-0.2, -0.15) is 0 Å². The summed E-state index contributed by atoms with van der Waals surface area (Å²) >= 11 is 3.34. The normalized spacial score (nSPS) is 11.8. The number of hydrogen-bond donors (Lipinski definition) is 1. The number of amides is 1. The predicted octanol–water partition coefficient (Wildman–Crippen LogP) is 3.05. The van der Waals surface area contributed by atoms with Gasteiger partial charge in [0.05, 0.1) is 0 Å². The van der Waals surface area contributed by atoms with Crippen molar-refractivity contribution in [2.24, 2.45) is 5.73 Å². The van der Waals surface area contributed by atoms with Crippen LogP contribution in [0.2, 0.25) is 0 Å². The lowest BCUT2D eigenvalue weighted by atomic mass is 10.1. The van der Waals surface area contributed by atoms with Crippen molar-refractivity contribution in [2.75, 3.05) is 0 Å². The van der Waals surface area contributed by atoms with E-state index in [2.05, 4.69) is 15.9 Å². The van der Waals surface area contributed by atoms with Gasteiger partial charge in [0.2, 0.25) is 6.10 Å². The zero-order chi connectivity index (χ0) is 13.0. The number of ether oxygens (including phenoxy) is 1. The van der Waals surface area contributed by atoms with E-state index in [0.29, 0.717) is 5.75 Å². The van der Waals surface area contributed by atoms with Crippen molar-refractivity contribution < 1.29 is 9.53 Å². The topological polar surface area (TPSA) is 52.3 Å². The highest BCUT2D eigenvalue weighted by atomic mass is 79.9. The molecular formula is C14H12BrNO2. The fourth-order valence-electron chi connectivity index (χ4n) is 1.57. The van der Waals surface area contributed by atoms with E-state index in [1.807, 2.05) is 42.5 Å². The highest BCUT2D eigenvalue weighted by Crippen LogP contribution is 2.23. The molecule has 2 aromatic rings. The Labute approximate surface area is 114 Å². The molecule has 0 aliphatic carbocycles. The molecule has 0 heterocycles. The van der Waals surface area contributed by atoms with E-state index >= 15 is 0 Å². The second kappa shape index (κ2) is 5.69. The summed E-state index contributed by atoms with van der Waals surface area (Å²) in [7, 11) is 0. The minimum Gasteiger partial charge on any atom is -0.476 e. The van der Waals surface area contributed by atoms with Crippen LogP contribution in [0.3, 0.4) is 0 Å². The largest absolute Gasteiger partial charge is 0.476 e. The van der Waals surface area contributed by atoms with Gasteiger partial charge in [-0.15, -0.1) is 0 Å². The van der Waals surface area contributed by atoms with Crippen molar-refractivity contribution in [1.82, 2.24) is 0 Å². The molecule has 0 saturated heterocycles. The van der Waals surface area contributed by atoms with Crippen LogP contribution in [0.1, 0.15) is 11.7 Å². The van der Waals surface area contributed by atoms with Crippen molar-refractivity contribution in [3.63, 3.8) is 0 Å². The van der Waals surface area contributed by atoms with Gasteiger partial charge in [0.25, 0.3) is 5.91 Å². The number of rotatable bonds is 4. The van der Waals surface area contributed by atoms with Gasteiger partial charge in [-0.25, -0.2) is 0 Å². The second-order valence-corrected chi connectivity index (χ2v) is 4.68. The van der Waals surface area contributed by atoms with E-state index in [9.17, 15) is 4.79 Å². The predicted molar refractivity (Wildman–Crippen MR) is 73.1 cm³/mol. The molecule has 0 aliphatic heterocycles. The molecule has 0 aromatic heterocycles. The van der Waals surface area contributed by atoms with E-state index in [4.69, 9.17) is 10.5 Å². The molecule has 4 heteroatoms. The lowest BCUT2D eigenvalue weighted by Crippen LogP contribution is -2.26. The molecule has 2 aromatic carbocycles. The Morgan fingerprint density at radius 3 is 2.22 bits per heavy atom. The third-order valence-corrected chi connectivity index (χ3v) is 2.96. The van der Waals surface area contributed by atoms with E-state index in [-0.39, 0.29) is 0 Å². The van der Waals surface area contributed by atoms with Gasteiger partial charge in [0, 0.05) is 10.0 Å². The fourth-order valence-corrected chi connectivity index (χ4v) is 1.83. The molecule has 1 unspecified atom stereocenters. The maximum Gasteiger partial charge on any atom is 0.263 e. The summed E-state index contributed by atoms with van der Waals surface area (Å²) in [5, 5.41) is 0. The average Bonchev–Trinajstić information content (AvgIpc) is 2.38. The molecule has 0 bridgehead atoms. The summed E-state index contributed by atoms with van der Waals surface area (Å²) in [6, 6.07) is 16.4. The van der Waals surface area contributed by atoms with Crippen LogP contribution in [0.15, 0.2) is 59.1 Å². The van der Waals surface area contributed by atoms with E-state index in [1.165, 1.54) is 0 Å². The summed E-state index contributed by atoms with van der Waals surface area (Å²) in [5.41, 5.74) is 6.12. The number of carbonyl (C=O) groups is 1. The molecule has 0 saturated carbocycles. The molecule has 1 amide bonds. The van der Waals surface area contributed by atoms with Crippen LogP contribution in [-0.2, 0) is 4.79 Å². The third-order valence-electron chi connectivity index (χ3n) is 2.43.